The molecule has 1 heteroatoms. The van der Waals surface area contributed by atoms with E-state index in [0.717, 1.165) is 5.92 Å². The van der Waals surface area contributed by atoms with Gasteiger partial charge in [0.05, 0.1) is 0 Å². The van der Waals surface area contributed by atoms with Gasteiger partial charge in [-0.05, 0) is 24.3 Å². The maximum Gasteiger partial charge on any atom is 0.00384 e. The Labute approximate surface area is 77.1 Å². The largest absolute Gasteiger partial charge is 0.303 e. The minimum Gasteiger partial charge on any atom is -0.303 e. The molecule has 0 aromatic rings. The molecule has 1 saturated heterocycles. The van der Waals surface area contributed by atoms with Gasteiger partial charge in [-0.3, -0.25) is 0 Å². The summed E-state index contributed by atoms with van der Waals surface area (Å²) < 4.78 is 0. The van der Waals surface area contributed by atoms with Crippen LogP contribution in [0.3, 0.4) is 0 Å². The maximum atomic E-state index is 2.59. The maximum absolute atomic E-state index is 2.59. The fourth-order valence-corrected chi connectivity index (χ4v) is 2.50. The van der Waals surface area contributed by atoms with Gasteiger partial charge < -0.3 is 4.90 Å². The normalized spacial score (nSPS) is 37.5. The lowest BCUT2D eigenvalue weighted by Crippen LogP contribution is -2.26. The van der Waals surface area contributed by atoms with Crippen LogP contribution in [-0.2, 0) is 0 Å². The topological polar surface area (TPSA) is 3.24 Å². The molecule has 0 aliphatic carbocycles. The number of rotatable bonds is 3. The fourth-order valence-electron chi connectivity index (χ4n) is 2.50. The Morgan fingerprint density at radius 1 is 1.33 bits per heavy atom. The van der Waals surface area contributed by atoms with Crippen LogP contribution in [-0.4, -0.2) is 24.5 Å². The quantitative estimate of drug-likeness (QED) is 0.628. The summed E-state index contributed by atoms with van der Waals surface area (Å²) in [6.07, 6.45) is 2.68. The standard InChI is InChI=1S/C11H23N/c1-5-10-8-12(7-3)9-11(10,4)6-2/h10H,5-9H2,1-4H3/t10-,11+/m1/s1. The van der Waals surface area contributed by atoms with Crippen molar-refractivity contribution in [2.75, 3.05) is 19.6 Å². The summed E-state index contributed by atoms with van der Waals surface area (Å²) in [5.41, 5.74) is 0.602. The second-order valence-corrected chi connectivity index (χ2v) is 4.44. The SMILES string of the molecule is CC[C@@H]1CN(CC)C[C@]1(C)CC. The average Bonchev–Trinajstić information content (AvgIpc) is 2.43. The van der Waals surface area contributed by atoms with Crippen molar-refractivity contribution in [1.82, 2.24) is 4.90 Å². The van der Waals surface area contributed by atoms with Crippen molar-refractivity contribution in [2.24, 2.45) is 11.3 Å². The summed E-state index contributed by atoms with van der Waals surface area (Å²) in [7, 11) is 0. The van der Waals surface area contributed by atoms with E-state index in [-0.39, 0.29) is 0 Å². The van der Waals surface area contributed by atoms with Gasteiger partial charge in [0.15, 0.2) is 0 Å². The third kappa shape index (κ3) is 1.66. The van der Waals surface area contributed by atoms with E-state index < -0.39 is 0 Å². The minimum absolute atomic E-state index is 0.602. The van der Waals surface area contributed by atoms with Gasteiger partial charge in [-0.15, -0.1) is 0 Å². The molecule has 0 saturated carbocycles. The van der Waals surface area contributed by atoms with Crippen LogP contribution >= 0.6 is 0 Å². The highest BCUT2D eigenvalue weighted by molar-refractivity contribution is 4.91. The van der Waals surface area contributed by atoms with Gasteiger partial charge in [0.1, 0.15) is 0 Å². The van der Waals surface area contributed by atoms with E-state index in [1.165, 1.54) is 32.5 Å². The van der Waals surface area contributed by atoms with E-state index in [2.05, 4.69) is 32.6 Å². The zero-order valence-corrected chi connectivity index (χ0v) is 9.06. The smallest absolute Gasteiger partial charge is 0.00384 e. The molecule has 72 valence electrons. The Hall–Kier alpha value is -0.0400. The summed E-state index contributed by atoms with van der Waals surface area (Å²) in [5.74, 6) is 0.933. The second kappa shape index (κ2) is 3.78. The summed E-state index contributed by atoms with van der Waals surface area (Å²) >= 11 is 0. The molecule has 0 radical (unpaired) electrons. The molecule has 0 unspecified atom stereocenters. The third-order valence-corrected chi connectivity index (χ3v) is 3.80. The molecule has 1 nitrogen and oxygen atoms in total. The van der Waals surface area contributed by atoms with Gasteiger partial charge in [0, 0.05) is 13.1 Å². The molecule has 2 atom stereocenters. The van der Waals surface area contributed by atoms with Crippen LogP contribution in [0.5, 0.6) is 0 Å². The Bertz CT molecular complexity index is 144. The number of hydrogen-bond acceptors (Lipinski definition) is 1. The van der Waals surface area contributed by atoms with E-state index in [4.69, 9.17) is 0 Å². The molecule has 0 N–H and O–H groups in total. The van der Waals surface area contributed by atoms with Crippen molar-refractivity contribution < 1.29 is 0 Å². The van der Waals surface area contributed by atoms with Crippen molar-refractivity contribution in [1.29, 1.82) is 0 Å². The molecule has 1 fully saturated rings. The lowest BCUT2D eigenvalue weighted by atomic mass is 9.76. The van der Waals surface area contributed by atoms with Crippen LogP contribution in [0.2, 0.25) is 0 Å². The highest BCUT2D eigenvalue weighted by Gasteiger charge is 2.39. The Morgan fingerprint density at radius 3 is 2.33 bits per heavy atom. The predicted molar refractivity (Wildman–Crippen MR) is 54.3 cm³/mol. The van der Waals surface area contributed by atoms with Crippen LogP contribution in [0, 0.1) is 11.3 Å². The molecule has 1 rings (SSSR count). The molecule has 0 bridgehead atoms. The molecule has 0 aromatic carbocycles. The van der Waals surface area contributed by atoms with Crippen LogP contribution in [0.1, 0.15) is 40.5 Å². The molecule has 12 heavy (non-hydrogen) atoms. The molecular weight excluding hydrogens is 146 g/mol. The molecule has 0 spiro atoms. The van der Waals surface area contributed by atoms with Crippen molar-refractivity contribution in [3.8, 4) is 0 Å². The van der Waals surface area contributed by atoms with Crippen LogP contribution < -0.4 is 0 Å². The fraction of sp³-hybridized carbons (Fsp3) is 1.00. The van der Waals surface area contributed by atoms with E-state index in [1.807, 2.05) is 0 Å². The Kier molecular flexibility index (Phi) is 3.16. The Morgan fingerprint density at radius 2 is 2.00 bits per heavy atom. The number of hydrogen-bond donors (Lipinski definition) is 0. The first-order valence-corrected chi connectivity index (χ1v) is 5.38. The third-order valence-electron chi connectivity index (χ3n) is 3.80. The van der Waals surface area contributed by atoms with E-state index in [0.29, 0.717) is 5.41 Å². The first kappa shape index (κ1) is 10.0. The predicted octanol–water partition coefficient (Wildman–Crippen LogP) is 2.76. The van der Waals surface area contributed by atoms with E-state index in [9.17, 15) is 0 Å². The Balaban J connectivity index is 2.62. The zero-order valence-electron chi connectivity index (χ0n) is 9.06. The first-order chi connectivity index (χ1) is 5.66. The number of likely N-dealkylation sites (tertiary alicyclic amines) is 1. The lowest BCUT2D eigenvalue weighted by Gasteiger charge is -2.28. The number of nitrogens with zero attached hydrogens (tertiary/aromatic N) is 1. The van der Waals surface area contributed by atoms with Gasteiger partial charge in [0.2, 0.25) is 0 Å². The molecule has 1 aliphatic heterocycles. The molecular formula is C11H23N. The van der Waals surface area contributed by atoms with E-state index in [1.54, 1.807) is 0 Å². The van der Waals surface area contributed by atoms with Crippen LogP contribution in [0.4, 0.5) is 0 Å². The highest BCUT2D eigenvalue weighted by atomic mass is 15.2. The molecule has 1 aliphatic rings. The monoisotopic (exact) mass is 169 g/mol. The second-order valence-electron chi connectivity index (χ2n) is 4.44. The first-order valence-electron chi connectivity index (χ1n) is 5.38. The van der Waals surface area contributed by atoms with Gasteiger partial charge >= 0.3 is 0 Å². The lowest BCUT2D eigenvalue weighted by molar-refractivity contribution is 0.230. The molecule has 0 amide bonds. The van der Waals surface area contributed by atoms with Crippen LogP contribution in [0.25, 0.3) is 0 Å². The van der Waals surface area contributed by atoms with E-state index >= 15 is 0 Å². The van der Waals surface area contributed by atoms with Crippen molar-refractivity contribution in [2.45, 2.75) is 40.5 Å². The summed E-state index contributed by atoms with van der Waals surface area (Å²) in [6, 6.07) is 0. The summed E-state index contributed by atoms with van der Waals surface area (Å²) in [6.45, 7) is 13.3. The van der Waals surface area contributed by atoms with Gasteiger partial charge in [-0.25, -0.2) is 0 Å². The summed E-state index contributed by atoms with van der Waals surface area (Å²) in [4.78, 5) is 2.59. The van der Waals surface area contributed by atoms with Gasteiger partial charge in [-0.1, -0.05) is 34.1 Å². The van der Waals surface area contributed by atoms with Crippen molar-refractivity contribution in [3.63, 3.8) is 0 Å². The summed E-state index contributed by atoms with van der Waals surface area (Å²) in [5, 5.41) is 0. The van der Waals surface area contributed by atoms with Gasteiger partial charge in [0.25, 0.3) is 0 Å². The van der Waals surface area contributed by atoms with Crippen molar-refractivity contribution >= 4 is 0 Å². The molecule has 1 heterocycles. The molecule has 0 aromatic heterocycles. The zero-order chi connectivity index (χ0) is 9.19. The average molecular weight is 169 g/mol. The van der Waals surface area contributed by atoms with Crippen molar-refractivity contribution in [3.05, 3.63) is 0 Å². The van der Waals surface area contributed by atoms with Gasteiger partial charge in [-0.2, -0.15) is 0 Å². The van der Waals surface area contributed by atoms with Crippen LogP contribution in [0.15, 0.2) is 0 Å². The minimum atomic E-state index is 0.602. The highest BCUT2D eigenvalue weighted by Crippen LogP contribution is 2.39.